The van der Waals surface area contributed by atoms with Crippen molar-refractivity contribution in [3.8, 4) is 11.1 Å². The quantitative estimate of drug-likeness (QED) is 0.505. The lowest BCUT2D eigenvalue weighted by molar-refractivity contribution is 0.424. The molecular formula is C12H12B2O4. The van der Waals surface area contributed by atoms with Gasteiger partial charge in [-0.15, -0.1) is 0 Å². The highest BCUT2D eigenvalue weighted by atomic mass is 16.4. The highest BCUT2D eigenvalue weighted by molar-refractivity contribution is 6.60. The van der Waals surface area contributed by atoms with Crippen molar-refractivity contribution in [1.29, 1.82) is 0 Å². The first kappa shape index (κ1) is 12.9. The minimum absolute atomic E-state index is 0.390. The van der Waals surface area contributed by atoms with Crippen LogP contribution in [-0.2, 0) is 0 Å². The van der Waals surface area contributed by atoms with Crippen molar-refractivity contribution < 1.29 is 20.1 Å². The smallest absolute Gasteiger partial charge is 0.423 e. The molecule has 0 amide bonds. The van der Waals surface area contributed by atoms with Crippen LogP contribution in [0.3, 0.4) is 0 Å². The van der Waals surface area contributed by atoms with Crippen LogP contribution in [0.15, 0.2) is 48.5 Å². The van der Waals surface area contributed by atoms with E-state index in [1.807, 2.05) is 0 Å². The molecule has 0 aromatic heterocycles. The van der Waals surface area contributed by atoms with E-state index in [9.17, 15) is 10.0 Å². The fourth-order valence-electron chi connectivity index (χ4n) is 1.82. The lowest BCUT2D eigenvalue weighted by Crippen LogP contribution is -2.32. The Labute approximate surface area is 105 Å². The zero-order valence-corrected chi connectivity index (χ0v) is 9.56. The molecule has 2 rings (SSSR count). The maximum absolute atomic E-state index is 9.28. The van der Waals surface area contributed by atoms with Crippen LogP contribution in [0.25, 0.3) is 11.1 Å². The van der Waals surface area contributed by atoms with Crippen molar-refractivity contribution >= 4 is 25.2 Å². The predicted octanol–water partition coefficient (Wildman–Crippen LogP) is -1.29. The van der Waals surface area contributed by atoms with Gasteiger partial charge in [0.1, 0.15) is 0 Å². The number of benzene rings is 2. The Hall–Kier alpha value is -1.59. The largest absolute Gasteiger partial charge is 0.489 e. The van der Waals surface area contributed by atoms with Crippen molar-refractivity contribution in [1.82, 2.24) is 0 Å². The van der Waals surface area contributed by atoms with Crippen LogP contribution in [-0.4, -0.2) is 34.3 Å². The molecule has 2 aromatic carbocycles. The van der Waals surface area contributed by atoms with Gasteiger partial charge in [0.15, 0.2) is 0 Å². The Morgan fingerprint density at radius 1 is 0.667 bits per heavy atom. The molecule has 2 aromatic rings. The van der Waals surface area contributed by atoms with Crippen molar-refractivity contribution in [2.75, 3.05) is 0 Å². The highest BCUT2D eigenvalue weighted by Gasteiger charge is 2.17. The molecule has 18 heavy (non-hydrogen) atoms. The standard InChI is InChI=1S/C12H12B2O4/c15-13(16)10-7-5-9(6-8-10)11-3-1-2-4-12(11)14(17)18/h1-8,15-18H. The van der Waals surface area contributed by atoms with E-state index < -0.39 is 14.2 Å². The summed E-state index contributed by atoms with van der Waals surface area (Å²) in [6, 6.07) is 13.5. The zero-order chi connectivity index (χ0) is 13.1. The monoisotopic (exact) mass is 242 g/mol. The van der Waals surface area contributed by atoms with Gasteiger partial charge in [-0.3, -0.25) is 0 Å². The van der Waals surface area contributed by atoms with Gasteiger partial charge < -0.3 is 20.1 Å². The minimum Gasteiger partial charge on any atom is -0.423 e. The molecule has 0 heterocycles. The van der Waals surface area contributed by atoms with Gasteiger partial charge >= 0.3 is 14.2 Å². The molecule has 4 N–H and O–H groups in total. The number of hydrogen-bond donors (Lipinski definition) is 4. The summed E-state index contributed by atoms with van der Waals surface area (Å²) < 4.78 is 0. The summed E-state index contributed by atoms with van der Waals surface area (Å²) in [6.45, 7) is 0. The second-order valence-electron chi connectivity index (χ2n) is 3.96. The first-order chi connectivity index (χ1) is 8.59. The third kappa shape index (κ3) is 2.63. The molecule has 6 heteroatoms. The Balaban J connectivity index is 2.43. The van der Waals surface area contributed by atoms with Crippen LogP contribution < -0.4 is 10.9 Å². The van der Waals surface area contributed by atoms with Crippen LogP contribution in [0.4, 0.5) is 0 Å². The Bertz CT molecular complexity index is 526. The average molecular weight is 242 g/mol. The van der Waals surface area contributed by atoms with E-state index >= 15 is 0 Å². The highest BCUT2D eigenvalue weighted by Crippen LogP contribution is 2.16. The van der Waals surface area contributed by atoms with E-state index in [0.717, 1.165) is 5.56 Å². The van der Waals surface area contributed by atoms with E-state index in [4.69, 9.17) is 10.0 Å². The third-order valence-electron chi connectivity index (χ3n) is 2.76. The van der Waals surface area contributed by atoms with E-state index in [-0.39, 0.29) is 0 Å². The van der Waals surface area contributed by atoms with Crippen molar-refractivity contribution in [3.63, 3.8) is 0 Å². The molecule has 90 valence electrons. The SMILES string of the molecule is OB(O)c1ccc(-c2ccccc2B(O)O)cc1. The minimum atomic E-state index is -1.54. The molecule has 4 nitrogen and oxygen atoms in total. The molecule has 0 radical (unpaired) electrons. The van der Waals surface area contributed by atoms with Gasteiger partial charge in [0.2, 0.25) is 0 Å². The maximum atomic E-state index is 9.28. The lowest BCUT2D eigenvalue weighted by atomic mass is 9.74. The van der Waals surface area contributed by atoms with Crippen molar-refractivity contribution in [2.24, 2.45) is 0 Å². The summed E-state index contributed by atoms with van der Waals surface area (Å²) in [4.78, 5) is 0. The molecule has 0 bridgehead atoms. The van der Waals surface area contributed by atoms with Crippen LogP contribution in [0, 0.1) is 0 Å². The second kappa shape index (κ2) is 5.37. The van der Waals surface area contributed by atoms with E-state index in [1.165, 1.54) is 0 Å². The lowest BCUT2D eigenvalue weighted by Gasteiger charge is -2.09. The normalized spacial score (nSPS) is 10.2. The van der Waals surface area contributed by atoms with Crippen LogP contribution in [0.2, 0.25) is 0 Å². The molecule has 0 aliphatic rings. The molecule has 0 unspecified atom stereocenters. The van der Waals surface area contributed by atoms with Crippen LogP contribution >= 0.6 is 0 Å². The van der Waals surface area contributed by atoms with Gasteiger partial charge in [-0.05, 0) is 22.1 Å². The molecule has 0 spiro atoms. The fourth-order valence-corrected chi connectivity index (χ4v) is 1.82. The molecule has 0 saturated carbocycles. The topological polar surface area (TPSA) is 80.9 Å². The zero-order valence-electron chi connectivity index (χ0n) is 9.56. The van der Waals surface area contributed by atoms with Gasteiger partial charge in [0.05, 0.1) is 0 Å². The van der Waals surface area contributed by atoms with E-state index in [2.05, 4.69) is 0 Å². The first-order valence-corrected chi connectivity index (χ1v) is 5.51. The van der Waals surface area contributed by atoms with Gasteiger partial charge in [-0.2, -0.15) is 0 Å². The average Bonchev–Trinajstić information content (AvgIpc) is 2.39. The van der Waals surface area contributed by atoms with E-state index in [0.29, 0.717) is 16.5 Å². The Morgan fingerprint density at radius 3 is 1.83 bits per heavy atom. The summed E-state index contributed by atoms with van der Waals surface area (Å²) in [5, 5.41) is 36.6. The van der Waals surface area contributed by atoms with Gasteiger partial charge in [-0.1, -0.05) is 48.5 Å². The summed E-state index contributed by atoms with van der Waals surface area (Å²) >= 11 is 0. The number of rotatable bonds is 3. The van der Waals surface area contributed by atoms with Crippen LogP contribution in [0.1, 0.15) is 0 Å². The molecule has 0 aliphatic carbocycles. The Morgan fingerprint density at radius 2 is 1.28 bits per heavy atom. The van der Waals surface area contributed by atoms with Crippen molar-refractivity contribution in [3.05, 3.63) is 48.5 Å². The van der Waals surface area contributed by atoms with Gasteiger partial charge in [0, 0.05) is 0 Å². The molecule has 0 aliphatic heterocycles. The first-order valence-electron chi connectivity index (χ1n) is 5.51. The summed E-state index contributed by atoms with van der Waals surface area (Å²) in [7, 11) is -3.04. The fraction of sp³-hybridized carbons (Fsp3) is 0. The molecule has 0 saturated heterocycles. The second-order valence-corrected chi connectivity index (χ2v) is 3.96. The maximum Gasteiger partial charge on any atom is 0.489 e. The van der Waals surface area contributed by atoms with Gasteiger partial charge in [0.25, 0.3) is 0 Å². The molecule has 0 fully saturated rings. The van der Waals surface area contributed by atoms with Gasteiger partial charge in [-0.25, -0.2) is 0 Å². The van der Waals surface area contributed by atoms with Crippen molar-refractivity contribution in [2.45, 2.75) is 0 Å². The van der Waals surface area contributed by atoms with Crippen LogP contribution in [0.5, 0.6) is 0 Å². The summed E-state index contributed by atoms with van der Waals surface area (Å²) in [6.07, 6.45) is 0. The molecular weight excluding hydrogens is 230 g/mol. The third-order valence-corrected chi connectivity index (χ3v) is 2.76. The Kier molecular flexibility index (Phi) is 3.84. The predicted molar refractivity (Wildman–Crippen MR) is 71.5 cm³/mol. The summed E-state index contributed by atoms with van der Waals surface area (Å²) in [5.41, 5.74) is 2.28. The van der Waals surface area contributed by atoms with E-state index in [1.54, 1.807) is 48.5 Å². The summed E-state index contributed by atoms with van der Waals surface area (Å²) in [5.74, 6) is 0. The molecule has 0 atom stereocenters. The number of hydrogen-bond acceptors (Lipinski definition) is 4.